The molecule has 0 radical (unpaired) electrons. The summed E-state index contributed by atoms with van der Waals surface area (Å²) in [7, 11) is 0. The molecule has 1 saturated heterocycles. The smallest absolute Gasteiger partial charge is 0.0661 e. The lowest BCUT2D eigenvalue weighted by atomic mass is 10.0. The van der Waals surface area contributed by atoms with Gasteiger partial charge in [-0.25, -0.2) is 0 Å². The SMILES string of the molecule is CCCc1ccc(C(COCC2CCOC2)NCC)cc1. The van der Waals surface area contributed by atoms with Gasteiger partial charge in [-0.15, -0.1) is 0 Å². The molecule has 0 saturated carbocycles. The van der Waals surface area contributed by atoms with Gasteiger partial charge in [0.1, 0.15) is 0 Å². The molecule has 2 atom stereocenters. The summed E-state index contributed by atoms with van der Waals surface area (Å²) in [5.41, 5.74) is 2.74. The molecule has 1 aromatic carbocycles. The summed E-state index contributed by atoms with van der Waals surface area (Å²) in [5, 5.41) is 3.52. The lowest BCUT2D eigenvalue weighted by Gasteiger charge is -2.20. The van der Waals surface area contributed by atoms with Crippen LogP contribution in [0, 0.1) is 5.92 Å². The zero-order valence-electron chi connectivity index (χ0n) is 13.4. The van der Waals surface area contributed by atoms with Crippen molar-refractivity contribution in [2.75, 3.05) is 33.0 Å². The Morgan fingerprint density at radius 2 is 2.10 bits per heavy atom. The number of aryl methyl sites for hydroxylation is 1. The summed E-state index contributed by atoms with van der Waals surface area (Å²) in [6.45, 7) is 8.62. The molecule has 2 unspecified atom stereocenters. The third-order valence-corrected chi connectivity index (χ3v) is 4.03. The Morgan fingerprint density at radius 3 is 2.71 bits per heavy atom. The van der Waals surface area contributed by atoms with E-state index in [0.29, 0.717) is 5.92 Å². The average molecular weight is 291 g/mol. The first-order valence-electron chi connectivity index (χ1n) is 8.31. The Labute approximate surface area is 129 Å². The van der Waals surface area contributed by atoms with E-state index in [0.717, 1.165) is 45.8 Å². The Hall–Kier alpha value is -0.900. The van der Waals surface area contributed by atoms with Gasteiger partial charge in [-0.2, -0.15) is 0 Å². The number of likely N-dealkylation sites (N-methyl/N-ethyl adjacent to an activating group) is 1. The second-order valence-corrected chi connectivity index (χ2v) is 5.87. The minimum atomic E-state index is 0.285. The first kappa shape index (κ1) is 16.5. The average Bonchev–Trinajstić information content (AvgIpc) is 3.01. The van der Waals surface area contributed by atoms with Crippen molar-refractivity contribution in [3.8, 4) is 0 Å². The topological polar surface area (TPSA) is 30.5 Å². The van der Waals surface area contributed by atoms with Gasteiger partial charge in [0.05, 0.1) is 25.9 Å². The highest BCUT2D eigenvalue weighted by atomic mass is 16.5. The van der Waals surface area contributed by atoms with Gasteiger partial charge < -0.3 is 14.8 Å². The van der Waals surface area contributed by atoms with Crippen molar-refractivity contribution in [2.45, 2.75) is 39.2 Å². The highest BCUT2D eigenvalue weighted by Gasteiger charge is 2.17. The molecule has 3 nitrogen and oxygen atoms in total. The van der Waals surface area contributed by atoms with Gasteiger partial charge in [0.15, 0.2) is 0 Å². The van der Waals surface area contributed by atoms with E-state index in [9.17, 15) is 0 Å². The summed E-state index contributed by atoms with van der Waals surface area (Å²) in [6, 6.07) is 9.25. The molecular weight excluding hydrogens is 262 g/mol. The van der Waals surface area contributed by atoms with E-state index in [1.54, 1.807) is 0 Å². The predicted octanol–water partition coefficient (Wildman–Crippen LogP) is 3.34. The molecule has 1 aliphatic heterocycles. The van der Waals surface area contributed by atoms with Crippen molar-refractivity contribution < 1.29 is 9.47 Å². The van der Waals surface area contributed by atoms with E-state index in [2.05, 4.69) is 43.4 Å². The summed E-state index contributed by atoms with van der Waals surface area (Å²) in [6.07, 6.45) is 3.49. The van der Waals surface area contributed by atoms with Crippen molar-refractivity contribution in [2.24, 2.45) is 5.92 Å². The van der Waals surface area contributed by atoms with Crippen LogP contribution >= 0.6 is 0 Å². The maximum Gasteiger partial charge on any atom is 0.0661 e. The minimum Gasteiger partial charge on any atom is -0.381 e. The molecule has 0 bridgehead atoms. The van der Waals surface area contributed by atoms with Crippen LogP contribution in [0.2, 0.25) is 0 Å². The zero-order valence-corrected chi connectivity index (χ0v) is 13.4. The molecule has 0 aromatic heterocycles. The Balaban J connectivity index is 1.84. The van der Waals surface area contributed by atoms with Crippen molar-refractivity contribution in [1.82, 2.24) is 5.32 Å². The van der Waals surface area contributed by atoms with Crippen LogP contribution < -0.4 is 5.32 Å². The number of hydrogen-bond acceptors (Lipinski definition) is 3. The van der Waals surface area contributed by atoms with E-state index in [-0.39, 0.29) is 6.04 Å². The van der Waals surface area contributed by atoms with Crippen LogP contribution in [0.3, 0.4) is 0 Å². The number of rotatable bonds is 9. The molecule has 1 aliphatic rings. The van der Waals surface area contributed by atoms with Crippen LogP contribution in [0.1, 0.15) is 43.9 Å². The normalized spacial score (nSPS) is 19.8. The molecule has 1 heterocycles. The van der Waals surface area contributed by atoms with Crippen LogP contribution in [0.4, 0.5) is 0 Å². The van der Waals surface area contributed by atoms with E-state index in [1.165, 1.54) is 17.5 Å². The molecule has 0 aliphatic carbocycles. The van der Waals surface area contributed by atoms with Gasteiger partial charge in [0.2, 0.25) is 0 Å². The summed E-state index contributed by atoms with van der Waals surface area (Å²) < 4.78 is 11.3. The lowest BCUT2D eigenvalue weighted by molar-refractivity contribution is 0.0747. The van der Waals surface area contributed by atoms with Crippen molar-refractivity contribution >= 4 is 0 Å². The Kier molecular flexibility index (Phi) is 7.20. The van der Waals surface area contributed by atoms with Gasteiger partial charge in [-0.1, -0.05) is 44.5 Å². The van der Waals surface area contributed by atoms with Crippen molar-refractivity contribution in [3.63, 3.8) is 0 Å². The second kappa shape index (κ2) is 9.19. The summed E-state index contributed by atoms with van der Waals surface area (Å²) in [4.78, 5) is 0. The van der Waals surface area contributed by atoms with Crippen LogP contribution in [-0.4, -0.2) is 33.0 Å². The fourth-order valence-corrected chi connectivity index (χ4v) is 2.79. The molecule has 1 N–H and O–H groups in total. The van der Waals surface area contributed by atoms with Crippen molar-refractivity contribution in [3.05, 3.63) is 35.4 Å². The fraction of sp³-hybridized carbons (Fsp3) is 0.667. The molecule has 118 valence electrons. The van der Waals surface area contributed by atoms with E-state index >= 15 is 0 Å². The maximum atomic E-state index is 5.92. The van der Waals surface area contributed by atoms with Crippen molar-refractivity contribution in [1.29, 1.82) is 0 Å². The number of benzene rings is 1. The number of ether oxygens (including phenoxy) is 2. The lowest BCUT2D eigenvalue weighted by Crippen LogP contribution is -2.26. The second-order valence-electron chi connectivity index (χ2n) is 5.87. The van der Waals surface area contributed by atoms with Gasteiger partial charge >= 0.3 is 0 Å². The first-order valence-corrected chi connectivity index (χ1v) is 8.31. The third kappa shape index (κ3) is 5.42. The van der Waals surface area contributed by atoms with Crippen LogP contribution in [0.15, 0.2) is 24.3 Å². The molecule has 2 rings (SSSR count). The highest BCUT2D eigenvalue weighted by Crippen LogP contribution is 2.17. The minimum absolute atomic E-state index is 0.285. The van der Waals surface area contributed by atoms with E-state index in [1.807, 2.05) is 0 Å². The van der Waals surface area contributed by atoms with Crippen LogP contribution in [-0.2, 0) is 15.9 Å². The number of nitrogens with one attached hydrogen (secondary N) is 1. The van der Waals surface area contributed by atoms with Crippen LogP contribution in [0.5, 0.6) is 0 Å². The quantitative estimate of drug-likeness (QED) is 0.757. The molecule has 1 aromatic rings. The summed E-state index contributed by atoms with van der Waals surface area (Å²) >= 11 is 0. The Bertz CT molecular complexity index is 385. The Morgan fingerprint density at radius 1 is 1.29 bits per heavy atom. The van der Waals surface area contributed by atoms with E-state index < -0.39 is 0 Å². The highest BCUT2D eigenvalue weighted by molar-refractivity contribution is 5.25. The molecule has 0 amide bonds. The number of hydrogen-bond donors (Lipinski definition) is 1. The fourth-order valence-electron chi connectivity index (χ4n) is 2.79. The molecular formula is C18H29NO2. The third-order valence-electron chi connectivity index (χ3n) is 4.03. The monoisotopic (exact) mass is 291 g/mol. The van der Waals surface area contributed by atoms with E-state index in [4.69, 9.17) is 9.47 Å². The summed E-state index contributed by atoms with van der Waals surface area (Å²) in [5.74, 6) is 0.583. The molecule has 0 spiro atoms. The molecule has 1 fully saturated rings. The van der Waals surface area contributed by atoms with Gasteiger partial charge in [0, 0.05) is 12.5 Å². The van der Waals surface area contributed by atoms with Crippen LogP contribution in [0.25, 0.3) is 0 Å². The maximum absolute atomic E-state index is 5.92. The largest absolute Gasteiger partial charge is 0.381 e. The van der Waals surface area contributed by atoms with Gasteiger partial charge in [0.25, 0.3) is 0 Å². The van der Waals surface area contributed by atoms with Gasteiger partial charge in [-0.3, -0.25) is 0 Å². The molecule has 3 heteroatoms. The molecule has 21 heavy (non-hydrogen) atoms. The standard InChI is InChI=1S/C18H29NO2/c1-3-5-15-6-8-17(9-7-15)18(19-4-2)14-21-13-16-10-11-20-12-16/h6-9,16,18-19H,3-5,10-14H2,1-2H3. The first-order chi connectivity index (χ1) is 10.3. The predicted molar refractivity (Wildman–Crippen MR) is 86.6 cm³/mol. The van der Waals surface area contributed by atoms with Gasteiger partial charge in [-0.05, 0) is 30.5 Å². The zero-order chi connectivity index (χ0) is 14.9.